The molecule has 0 aromatic heterocycles. The number of rotatable bonds is 3. The summed E-state index contributed by atoms with van der Waals surface area (Å²) in [6.45, 7) is 3.12. The number of alkyl halides is 3. The molecule has 0 aliphatic carbocycles. The molecule has 12 heavy (non-hydrogen) atoms. The highest BCUT2D eigenvalue weighted by molar-refractivity contribution is 4.90. The Labute approximate surface area is 69.4 Å². The number of hydrogen-bond donors (Lipinski definition) is 1. The molecule has 0 aliphatic heterocycles. The van der Waals surface area contributed by atoms with Crippen LogP contribution in [0.5, 0.6) is 0 Å². The zero-order chi connectivity index (χ0) is 9.78. The summed E-state index contributed by atoms with van der Waals surface area (Å²) in [4.78, 5) is 0. The predicted octanol–water partition coefficient (Wildman–Crippen LogP) is 1.69. The molecule has 1 N–H and O–H groups in total. The molecular formula is C7H11F3N2. The molecule has 0 amide bonds. The third kappa shape index (κ3) is 4.19. The topological polar surface area (TPSA) is 35.8 Å². The largest absolute Gasteiger partial charge is 0.405 e. The Morgan fingerprint density at radius 1 is 1.42 bits per heavy atom. The van der Waals surface area contributed by atoms with Gasteiger partial charge in [0.2, 0.25) is 0 Å². The molecule has 0 spiro atoms. The molecule has 0 heterocycles. The third-order valence-electron chi connectivity index (χ3n) is 1.28. The van der Waals surface area contributed by atoms with Crippen molar-refractivity contribution >= 4 is 0 Å². The minimum absolute atomic E-state index is 0.0387. The fraction of sp³-hybridized carbons (Fsp3) is 0.857. The molecule has 0 aromatic carbocycles. The van der Waals surface area contributed by atoms with E-state index in [1.807, 2.05) is 0 Å². The number of halogens is 3. The maximum atomic E-state index is 11.9. The van der Waals surface area contributed by atoms with E-state index >= 15 is 0 Å². The molecule has 5 heteroatoms. The monoisotopic (exact) mass is 180 g/mol. The Hall–Kier alpha value is -0.760. The van der Waals surface area contributed by atoms with Gasteiger partial charge in [-0.3, -0.25) is 0 Å². The van der Waals surface area contributed by atoms with Gasteiger partial charge in [0.05, 0.1) is 6.07 Å². The van der Waals surface area contributed by atoms with Gasteiger partial charge in [-0.15, -0.1) is 0 Å². The van der Waals surface area contributed by atoms with Gasteiger partial charge in [0.15, 0.2) is 5.92 Å². The van der Waals surface area contributed by atoms with E-state index in [1.165, 1.54) is 6.07 Å². The van der Waals surface area contributed by atoms with Crippen molar-refractivity contribution in [2.24, 2.45) is 5.92 Å². The summed E-state index contributed by atoms with van der Waals surface area (Å²) in [5, 5.41) is 10.7. The Morgan fingerprint density at radius 3 is 2.17 bits per heavy atom. The van der Waals surface area contributed by atoms with Gasteiger partial charge in [-0.1, -0.05) is 13.8 Å². The smallest absolute Gasteiger partial charge is 0.313 e. The van der Waals surface area contributed by atoms with Crippen molar-refractivity contribution in [2.45, 2.75) is 26.1 Å². The molecule has 1 unspecified atom stereocenters. The Kier molecular flexibility index (Phi) is 4.04. The van der Waals surface area contributed by atoms with Crippen molar-refractivity contribution in [3.63, 3.8) is 0 Å². The van der Waals surface area contributed by atoms with E-state index in [9.17, 15) is 13.2 Å². The Balaban J connectivity index is 3.96. The fourth-order valence-corrected chi connectivity index (χ4v) is 0.588. The van der Waals surface area contributed by atoms with Gasteiger partial charge in [-0.05, 0) is 0 Å². The van der Waals surface area contributed by atoms with E-state index in [4.69, 9.17) is 5.26 Å². The van der Waals surface area contributed by atoms with Crippen LogP contribution in [0.25, 0.3) is 0 Å². The van der Waals surface area contributed by atoms with E-state index in [0.29, 0.717) is 0 Å². The second-order valence-corrected chi connectivity index (χ2v) is 2.79. The van der Waals surface area contributed by atoms with Crippen molar-refractivity contribution in [1.29, 1.82) is 5.26 Å². The molecular weight excluding hydrogens is 169 g/mol. The molecule has 0 saturated carbocycles. The normalized spacial score (nSPS) is 14.4. The second kappa shape index (κ2) is 4.31. The van der Waals surface area contributed by atoms with Crippen LogP contribution >= 0.6 is 0 Å². The molecule has 0 saturated heterocycles. The molecule has 0 bridgehead atoms. The standard InChI is InChI=1S/C7H11F3N2/c1-5(2)12-4-6(3-11)7(8,9)10/h5-6,12H,4H2,1-2H3. The average Bonchev–Trinajstić information content (AvgIpc) is 1.85. The van der Waals surface area contributed by atoms with Gasteiger partial charge in [-0.2, -0.15) is 18.4 Å². The summed E-state index contributed by atoms with van der Waals surface area (Å²) < 4.78 is 35.7. The van der Waals surface area contributed by atoms with Crippen LogP contribution < -0.4 is 5.32 Å². The van der Waals surface area contributed by atoms with E-state index in [0.717, 1.165) is 0 Å². The lowest BCUT2D eigenvalue weighted by Gasteiger charge is -2.15. The number of nitrogens with zero attached hydrogens (tertiary/aromatic N) is 1. The van der Waals surface area contributed by atoms with E-state index in [2.05, 4.69) is 5.32 Å². The molecule has 1 atom stereocenters. The van der Waals surface area contributed by atoms with Crippen LogP contribution in [0.15, 0.2) is 0 Å². The molecule has 0 rings (SSSR count). The van der Waals surface area contributed by atoms with Crippen molar-refractivity contribution < 1.29 is 13.2 Å². The molecule has 2 nitrogen and oxygen atoms in total. The Bertz CT molecular complexity index is 168. The first-order valence-electron chi connectivity index (χ1n) is 3.57. The van der Waals surface area contributed by atoms with E-state index in [1.54, 1.807) is 13.8 Å². The van der Waals surface area contributed by atoms with Crippen LogP contribution in [0.3, 0.4) is 0 Å². The van der Waals surface area contributed by atoms with Crippen LogP contribution in [0.2, 0.25) is 0 Å². The number of nitrogens with one attached hydrogen (secondary N) is 1. The first-order valence-corrected chi connectivity index (χ1v) is 3.57. The van der Waals surface area contributed by atoms with Gasteiger partial charge in [-0.25, -0.2) is 0 Å². The maximum Gasteiger partial charge on any atom is 0.405 e. The van der Waals surface area contributed by atoms with E-state index in [-0.39, 0.29) is 12.6 Å². The third-order valence-corrected chi connectivity index (χ3v) is 1.28. The van der Waals surface area contributed by atoms with E-state index < -0.39 is 12.1 Å². The lowest BCUT2D eigenvalue weighted by molar-refractivity contribution is -0.157. The summed E-state index contributed by atoms with van der Waals surface area (Å²) in [5.41, 5.74) is 0. The molecule has 0 fully saturated rings. The first-order chi connectivity index (χ1) is 5.38. The highest BCUT2D eigenvalue weighted by atomic mass is 19.4. The van der Waals surface area contributed by atoms with Crippen LogP contribution in [0.4, 0.5) is 13.2 Å². The van der Waals surface area contributed by atoms with Gasteiger partial charge >= 0.3 is 6.18 Å². The van der Waals surface area contributed by atoms with Crippen LogP contribution in [0.1, 0.15) is 13.8 Å². The van der Waals surface area contributed by atoms with Crippen LogP contribution in [-0.2, 0) is 0 Å². The number of nitriles is 1. The second-order valence-electron chi connectivity index (χ2n) is 2.79. The SMILES string of the molecule is CC(C)NCC(C#N)C(F)(F)F. The van der Waals surface area contributed by atoms with Gasteiger partial charge in [0.1, 0.15) is 0 Å². The van der Waals surface area contributed by atoms with Gasteiger partial charge in [0, 0.05) is 12.6 Å². The fourth-order valence-electron chi connectivity index (χ4n) is 0.588. The molecule has 0 aromatic rings. The summed E-state index contributed by atoms with van der Waals surface area (Å²) in [7, 11) is 0. The molecule has 70 valence electrons. The summed E-state index contributed by atoms with van der Waals surface area (Å²) in [6, 6.07) is 1.17. The minimum atomic E-state index is -4.42. The lowest BCUT2D eigenvalue weighted by Crippen LogP contribution is -2.35. The highest BCUT2D eigenvalue weighted by Gasteiger charge is 2.39. The quantitative estimate of drug-likeness (QED) is 0.717. The van der Waals surface area contributed by atoms with Crippen LogP contribution in [-0.4, -0.2) is 18.8 Å². The lowest BCUT2D eigenvalue weighted by atomic mass is 10.1. The van der Waals surface area contributed by atoms with Gasteiger partial charge < -0.3 is 5.32 Å². The summed E-state index contributed by atoms with van der Waals surface area (Å²) in [6.07, 6.45) is -4.42. The molecule has 0 aliphatic rings. The predicted molar refractivity (Wildman–Crippen MR) is 38.3 cm³/mol. The molecule has 0 radical (unpaired) electrons. The first kappa shape index (κ1) is 11.2. The van der Waals surface area contributed by atoms with Crippen molar-refractivity contribution in [3.05, 3.63) is 0 Å². The van der Waals surface area contributed by atoms with Crippen molar-refractivity contribution in [2.75, 3.05) is 6.54 Å². The zero-order valence-electron chi connectivity index (χ0n) is 6.94. The van der Waals surface area contributed by atoms with Crippen LogP contribution in [0, 0.1) is 17.2 Å². The Morgan fingerprint density at radius 2 is 1.92 bits per heavy atom. The van der Waals surface area contributed by atoms with Gasteiger partial charge in [0.25, 0.3) is 0 Å². The average molecular weight is 180 g/mol. The minimum Gasteiger partial charge on any atom is -0.313 e. The highest BCUT2D eigenvalue weighted by Crippen LogP contribution is 2.24. The number of hydrogen-bond acceptors (Lipinski definition) is 2. The zero-order valence-corrected chi connectivity index (χ0v) is 6.94. The van der Waals surface area contributed by atoms with Crippen molar-refractivity contribution in [3.8, 4) is 6.07 Å². The maximum absolute atomic E-state index is 11.9. The summed E-state index contributed by atoms with van der Waals surface area (Å²) in [5.74, 6) is -1.90. The summed E-state index contributed by atoms with van der Waals surface area (Å²) >= 11 is 0. The van der Waals surface area contributed by atoms with Crippen molar-refractivity contribution in [1.82, 2.24) is 5.32 Å².